The SMILES string of the molecule is COc1cccc(N2CCN(CC(=O)Nc3cccc(I)c3)CC2)c1. The Kier molecular flexibility index (Phi) is 6.14. The van der Waals surface area contributed by atoms with Crippen LogP contribution in [0.3, 0.4) is 0 Å². The van der Waals surface area contributed by atoms with Crippen molar-refractivity contribution in [3.63, 3.8) is 0 Å². The van der Waals surface area contributed by atoms with Crippen LogP contribution in [0.15, 0.2) is 48.5 Å². The number of benzene rings is 2. The van der Waals surface area contributed by atoms with Crippen LogP contribution in [0, 0.1) is 3.57 Å². The maximum atomic E-state index is 12.2. The smallest absolute Gasteiger partial charge is 0.238 e. The van der Waals surface area contributed by atoms with E-state index >= 15 is 0 Å². The lowest BCUT2D eigenvalue weighted by Gasteiger charge is -2.35. The number of nitrogens with zero attached hydrogens (tertiary/aromatic N) is 2. The Labute approximate surface area is 162 Å². The van der Waals surface area contributed by atoms with Crippen LogP contribution in [0.2, 0.25) is 0 Å². The molecule has 5 nitrogen and oxygen atoms in total. The number of ether oxygens (including phenoxy) is 1. The molecule has 0 spiro atoms. The van der Waals surface area contributed by atoms with Gasteiger partial charge in [0.2, 0.25) is 5.91 Å². The quantitative estimate of drug-likeness (QED) is 0.711. The van der Waals surface area contributed by atoms with E-state index < -0.39 is 0 Å². The number of anilines is 2. The zero-order valence-corrected chi connectivity index (χ0v) is 16.4. The molecule has 1 amide bonds. The standard InChI is InChI=1S/C19H22IN3O2/c1-25-18-7-3-6-17(13-18)23-10-8-22(9-11-23)14-19(24)21-16-5-2-4-15(20)12-16/h2-7,12-13H,8-11,14H2,1H3,(H,21,24). The molecule has 1 fully saturated rings. The molecule has 2 aromatic rings. The molecule has 0 bridgehead atoms. The lowest BCUT2D eigenvalue weighted by Crippen LogP contribution is -2.48. The topological polar surface area (TPSA) is 44.8 Å². The van der Waals surface area contributed by atoms with E-state index in [1.807, 2.05) is 36.4 Å². The third-order valence-electron chi connectivity index (χ3n) is 4.27. The molecule has 6 heteroatoms. The van der Waals surface area contributed by atoms with Gasteiger partial charge < -0.3 is 15.0 Å². The molecule has 1 N–H and O–H groups in total. The number of carbonyl (C=O) groups excluding carboxylic acids is 1. The number of methoxy groups -OCH3 is 1. The Morgan fingerprint density at radius 3 is 2.60 bits per heavy atom. The Balaban J connectivity index is 1.49. The molecule has 1 saturated heterocycles. The lowest BCUT2D eigenvalue weighted by atomic mass is 10.2. The van der Waals surface area contributed by atoms with Gasteiger partial charge in [-0.1, -0.05) is 12.1 Å². The van der Waals surface area contributed by atoms with Gasteiger partial charge in [-0.2, -0.15) is 0 Å². The maximum absolute atomic E-state index is 12.2. The molecular weight excluding hydrogens is 429 g/mol. The van der Waals surface area contributed by atoms with Gasteiger partial charge in [-0.3, -0.25) is 9.69 Å². The van der Waals surface area contributed by atoms with Gasteiger partial charge in [0, 0.05) is 47.2 Å². The third-order valence-corrected chi connectivity index (χ3v) is 4.94. The second-order valence-electron chi connectivity index (χ2n) is 6.02. The van der Waals surface area contributed by atoms with E-state index in [4.69, 9.17) is 4.74 Å². The van der Waals surface area contributed by atoms with Crippen LogP contribution in [-0.4, -0.2) is 50.6 Å². The van der Waals surface area contributed by atoms with Crippen molar-refractivity contribution in [3.8, 4) is 5.75 Å². The van der Waals surface area contributed by atoms with Gasteiger partial charge in [0.15, 0.2) is 0 Å². The summed E-state index contributed by atoms with van der Waals surface area (Å²) in [6, 6.07) is 16.0. The average Bonchev–Trinajstić information content (AvgIpc) is 2.62. The normalized spacial score (nSPS) is 15.0. The zero-order valence-electron chi connectivity index (χ0n) is 14.2. The first-order valence-corrected chi connectivity index (χ1v) is 9.39. The summed E-state index contributed by atoms with van der Waals surface area (Å²) in [6.07, 6.45) is 0. The predicted octanol–water partition coefficient (Wildman–Crippen LogP) is 3.06. The number of piperazine rings is 1. The van der Waals surface area contributed by atoms with Crippen molar-refractivity contribution in [2.24, 2.45) is 0 Å². The molecule has 0 aliphatic carbocycles. The molecule has 0 radical (unpaired) electrons. The van der Waals surface area contributed by atoms with Gasteiger partial charge in [0.1, 0.15) is 5.75 Å². The second kappa shape index (κ2) is 8.53. The summed E-state index contributed by atoms with van der Waals surface area (Å²) in [7, 11) is 1.68. The van der Waals surface area contributed by atoms with Crippen LogP contribution < -0.4 is 15.0 Å². The molecule has 1 heterocycles. The first-order valence-electron chi connectivity index (χ1n) is 8.31. The molecular formula is C19H22IN3O2. The number of carbonyl (C=O) groups is 1. The van der Waals surface area contributed by atoms with Crippen molar-refractivity contribution in [1.29, 1.82) is 0 Å². The largest absolute Gasteiger partial charge is 0.497 e. The van der Waals surface area contributed by atoms with Crippen LogP contribution in [0.5, 0.6) is 5.75 Å². The fourth-order valence-electron chi connectivity index (χ4n) is 2.94. The van der Waals surface area contributed by atoms with Crippen molar-refractivity contribution in [3.05, 3.63) is 52.1 Å². The molecule has 1 aliphatic heterocycles. The highest BCUT2D eigenvalue weighted by Crippen LogP contribution is 2.22. The lowest BCUT2D eigenvalue weighted by molar-refractivity contribution is -0.117. The summed E-state index contributed by atoms with van der Waals surface area (Å²) in [4.78, 5) is 16.8. The van der Waals surface area contributed by atoms with Crippen molar-refractivity contribution >= 4 is 39.9 Å². The minimum Gasteiger partial charge on any atom is -0.497 e. The summed E-state index contributed by atoms with van der Waals surface area (Å²) in [6.45, 7) is 3.98. The minimum absolute atomic E-state index is 0.0387. The second-order valence-corrected chi connectivity index (χ2v) is 7.27. The Morgan fingerprint density at radius 2 is 1.88 bits per heavy atom. The number of hydrogen-bond acceptors (Lipinski definition) is 4. The van der Waals surface area contributed by atoms with Crippen LogP contribution in [-0.2, 0) is 4.79 Å². The number of rotatable bonds is 5. The molecule has 132 valence electrons. The number of amides is 1. The van der Waals surface area contributed by atoms with E-state index in [1.165, 1.54) is 5.69 Å². The van der Waals surface area contributed by atoms with Crippen LogP contribution in [0.25, 0.3) is 0 Å². The van der Waals surface area contributed by atoms with Crippen molar-refractivity contribution in [2.75, 3.05) is 50.1 Å². The minimum atomic E-state index is 0.0387. The molecule has 1 aliphatic rings. The molecule has 0 unspecified atom stereocenters. The average molecular weight is 451 g/mol. The number of nitrogens with one attached hydrogen (secondary N) is 1. The van der Waals surface area contributed by atoms with Gasteiger partial charge >= 0.3 is 0 Å². The van der Waals surface area contributed by atoms with E-state index in [0.29, 0.717) is 6.54 Å². The van der Waals surface area contributed by atoms with Gasteiger partial charge in [-0.05, 0) is 52.9 Å². The van der Waals surface area contributed by atoms with Crippen LogP contribution in [0.1, 0.15) is 0 Å². The number of halogens is 1. The summed E-state index contributed by atoms with van der Waals surface area (Å²) in [5.41, 5.74) is 2.02. The molecule has 2 aromatic carbocycles. The first kappa shape index (κ1) is 18.0. The predicted molar refractivity (Wildman–Crippen MR) is 109 cm³/mol. The first-order chi connectivity index (χ1) is 12.1. The summed E-state index contributed by atoms with van der Waals surface area (Å²) in [5.74, 6) is 0.911. The highest BCUT2D eigenvalue weighted by atomic mass is 127. The molecule has 0 saturated carbocycles. The van der Waals surface area contributed by atoms with Crippen molar-refractivity contribution in [1.82, 2.24) is 4.90 Å². The summed E-state index contributed by atoms with van der Waals surface area (Å²) >= 11 is 2.24. The Hall–Kier alpha value is -1.80. The Morgan fingerprint density at radius 1 is 1.12 bits per heavy atom. The van der Waals surface area contributed by atoms with Crippen molar-refractivity contribution < 1.29 is 9.53 Å². The zero-order chi connectivity index (χ0) is 17.6. The highest BCUT2D eigenvalue weighted by Gasteiger charge is 2.19. The van der Waals surface area contributed by atoms with Gasteiger partial charge in [-0.15, -0.1) is 0 Å². The third kappa shape index (κ3) is 5.09. The van der Waals surface area contributed by atoms with E-state index in [1.54, 1.807) is 7.11 Å². The van der Waals surface area contributed by atoms with E-state index in [2.05, 4.69) is 49.8 Å². The van der Waals surface area contributed by atoms with Gasteiger partial charge in [0.05, 0.1) is 13.7 Å². The Bertz CT molecular complexity index is 730. The summed E-state index contributed by atoms with van der Waals surface area (Å²) in [5, 5.41) is 2.97. The van der Waals surface area contributed by atoms with E-state index in [9.17, 15) is 4.79 Å². The highest BCUT2D eigenvalue weighted by molar-refractivity contribution is 14.1. The van der Waals surface area contributed by atoms with E-state index in [0.717, 1.165) is 41.2 Å². The van der Waals surface area contributed by atoms with E-state index in [-0.39, 0.29) is 5.91 Å². The molecule has 25 heavy (non-hydrogen) atoms. The summed E-state index contributed by atoms with van der Waals surface area (Å²) < 4.78 is 6.41. The molecule has 0 aromatic heterocycles. The monoisotopic (exact) mass is 451 g/mol. The van der Waals surface area contributed by atoms with Gasteiger partial charge in [-0.25, -0.2) is 0 Å². The molecule has 0 atom stereocenters. The number of hydrogen-bond donors (Lipinski definition) is 1. The van der Waals surface area contributed by atoms with Gasteiger partial charge in [0.25, 0.3) is 0 Å². The molecule has 3 rings (SSSR count). The van der Waals surface area contributed by atoms with Crippen molar-refractivity contribution in [2.45, 2.75) is 0 Å². The van der Waals surface area contributed by atoms with Crippen LogP contribution in [0.4, 0.5) is 11.4 Å². The fourth-order valence-corrected chi connectivity index (χ4v) is 3.48. The maximum Gasteiger partial charge on any atom is 0.238 e. The fraction of sp³-hybridized carbons (Fsp3) is 0.316. The van der Waals surface area contributed by atoms with Crippen LogP contribution >= 0.6 is 22.6 Å².